The van der Waals surface area contributed by atoms with Crippen molar-refractivity contribution in [3.63, 3.8) is 0 Å². The fourth-order valence-electron chi connectivity index (χ4n) is 2.37. The zero-order valence-corrected chi connectivity index (χ0v) is 9.89. The summed E-state index contributed by atoms with van der Waals surface area (Å²) in [7, 11) is 1.96. The smallest absolute Gasteiger partial charge is 0.126 e. The SMILES string of the molecule is CNC(C1=CCCC1)c1ccc(F)c(C)c1. The molecule has 1 aliphatic rings. The molecule has 0 radical (unpaired) electrons. The van der Waals surface area contributed by atoms with E-state index < -0.39 is 0 Å². The normalized spacial score (nSPS) is 17.3. The average molecular weight is 219 g/mol. The van der Waals surface area contributed by atoms with Gasteiger partial charge in [0.25, 0.3) is 0 Å². The van der Waals surface area contributed by atoms with Gasteiger partial charge in [-0.1, -0.05) is 23.8 Å². The number of nitrogens with one attached hydrogen (secondary N) is 1. The predicted octanol–water partition coefficient (Wildman–Crippen LogP) is 3.50. The number of benzene rings is 1. The summed E-state index contributed by atoms with van der Waals surface area (Å²) in [5, 5.41) is 3.32. The molecule has 16 heavy (non-hydrogen) atoms. The molecule has 0 aromatic heterocycles. The molecule has 86 valence electrons. The predicted molar refractivity (Wildman–Crippen MR) is 64.9 cm³/mol. The first kappa shape index (κ1) is 11.3. The highest BCUT2D eigenvalue weighted by Crippen LogP contribution is 2.30. The van der Waals surface area contributed by atoms with E-state index in [1.54, 1.807) is 6.07 Å². The van der Waals surface area contributed by atoms with Crippen LogP contribution in [0.1, 0.15) is 36.4 Å². The number of likely N-dealkylation sites (N-methyl/N-ethyl adjacent to an activating group) is 1. The molecular weight excluding hydrogens is 201 g/mol. The molecule has 2 rings (SSSR count). The van der Waals surface area contributed by atoms with Gasteiger partial charge in [-0.05, 0) is 50.4 Å². The molecule has 0 saturated carbocycles. The van der Waals surface area contributed by atoms with Gasteiger partial charge >= 0.3 is 0 Å². The van der Waals surface area contributed by atoms with Crippen LogP contribution in [0.25, 0.3) is 0 Å². The van der Waals surface area contributed by atoms with Crippen LogP contribution in [0.5, 0.6) is 0 Å². The lowest BCUT2D eigenvalue weighted by molar-refractivity contribution is 0.611. The third-order valence-corrected chi connectivity index (χ3v) is 3.25. The van der Waals surface area contributed by atoms with Crippen molar-refractivity contribution < 1.29 is 4.39 Å². The number of hydrogen-bond acceptors (Lipinski definition) is 1. The minimum absolute atomic E-state index is 0.126. The van der Waals surface area contributed by atoms with Gasteiger partial charge in [0.05, 0.1) is 6.04 Å². The highest BCUT2D eigenvalue weighted by molar-refractivity contribution is 5.33. The summed E-state index contributed by atoms with van der Waals surface area (Å²) in [6.45, 7) is 1.81. The van der Waals surface area contributed by atoms with Gasteiger partial charge in [0.1, 0.15) is 5.82 Å². The molecular formula is C14H18FN. The molecule has 2 heteroatoms. The molecule has 0 amide bonds. The Balaban J connectivity index is 2.29. The molecule has 0 heterocycles. The molecule has 1 unspecified atom stereocenters. The van der Waals surface area contributed by atoms with E-state index in [4.69, 9.17) is 0 Å². The molecule has 0 saturated heterocycles. The molecule has 1 nitrogen and oxygen atoms in total. The van der Waals surface area contributed by atoms with Crippen LogP contribution in [0.2, 0.25) is 0 Å². The summed E-state index contributed by atoms with van der Waals surface area (Å²) < 4.78 is 13.2. The van der Waals surface area contributed by atoms with Gasteiger partial charge in [-0.25, -0.2) is 4.39 Å². The quantitative estimate of drug-likeness (QED) is 0.767. The molecule has 1 aromatic rings. The Morgan fingerprint density at radius 2 is 2.19 bits per heavy atom. The second kappa shape index (κ2) is 4.79. The van der Waals surface area contributed by atoms with Crippen LogP contribution < -0.4 is 5.32 Å². The number of halogens is 1. The van der Waals surface area contributed by atoms with Crippen molar-refractivity contribution in [2.75, 3.05) is 7.05 Å². The largest absolute Gasteiger partial charge is 0.310 e. The van der Waals surface area contributed by atoms with Crippen molar-refractivity contribution in [3.8, 4) is 0 Å². The zero-order chi connectivity index (χ0) is 11.5. The molecule has 0 fully saturated rings. The van der Waals surface area contributed by atoms with Crippen molar-refractivity contribution in [1.82, 2.24) is 5.32 Å². The number of rotatable bonds is 3. The molecule has 1 aliphatic carbocycles. The summed E-state index contributed by atoms with van der Waals surface area (Å²) in [6, 6.07) is 5.63. The monoisotopic (exact) mass is 219 g/mol. The van der Waals surface area contributed by atoms with Gasteiger partial charge in [-0.2, -0.15) is 0 Å². The van der Waals surface area contributed by atoms with Crippen LogP contribution in [0, 0.1) is 12.7 Å². The summed E-state index contributed by atoms with van der Waals surface area (Å²) in [6.07, 6.45) is 5.88. The maximum absolute atomic E-state index is 13.2. The maximum Gasteiger partial charge on any atom is 0.126 e. The van der Waals surface area contributed by atoms with Crippen LogP contribution in [0.15, 0.2) is 29.8 Å². The highest BCUT2D eigenvalue weighted by atomic mass is 19.1. The van der Waals surface area contributed by atoms with Gasteiger partial charge in [-0.15, -0.1) is 0 Å². The average Bonchev–Trinajstić information content (AvgIpc) is 2.78. The number of allylic oxidation sites excluding steroid dienone is 1. The van der Waals surface area contributed by atoms with Crippen LogP contribution >= 0.6 is 0 Å². The van der Waals surface area contributed by atoms with E-state index in [0.29, 0.717) is 0 Å². The minimum Gasteiger partial charge on any atom is -0.310 e. The van der Waals surface area contributed by atoms with Gasteiger partial charge in [0.2, 0.25) is 0 Å². The van der Waals surface area contributed by atoms with E-state index in [-0.39, 0.29) is 11.9 Å². The van der Waals surface area contributed by atoms with Gasteiger partial charge < -0.3 is 5.32 Å². The minimum atomic E-state index is -0.126. The molecule has 0 bridgehead atoms. The lowest BCUT2D eigenvalue weighted by atomic mass is 9.97. The fourth-order valence-corrected chi connectivity index (χ4v) is 2.37. The van der Waals surface area contributed by atoms with E-state index in [0.717, 1.165) is 17.5 Å². The Morgan fingerprint density at radius 3 is 2.75 bits per heavy atom. The second-order valence-corrected chi connectivity index (χ2v) is 4.40. The summed E-state index contributed by atoms with van der Waals surface area (Å²) >= 11 is 0. The summed E-state index contributed by atoms with van der Waals surface area (Å²) in [4.78, 5) is 0. The topological polar surface area (TPSA) is 12.0 Å². The van der Waals surface area contributed by atoms with Gasteiger partial charge in [0.15, 0.2) is 0 Å². The Morgan fingerprint density at radius 1 is 1.38 bits per heavy atom. The number of aryl methyl sites for hydroxylation is 1. The molecule has 0 aliphatic heterocycles. The first-order valence-electron chi connectivity index (χ1n) is 5.84. The van der Waals surface area contributed by atoms with Crippen LogP contribution in [0.3, 0.4) is 0 Å². The Bertz CT molecular complexity index is 409. The molecule has 1 N–H and O–H groups in total. The van der Waals surface area contributed by atoms with Gasteiger partial charge in [-0.3, -0.25) is 0 Å². The van der Waals surface area contributed by atoms with E-state index in [2.05, 4.69) is 11.4 Å². The third-order valence-electron chi connectivity index (χ3n) is 3.25. The molecule has 1 aromatic carbocycles. The maximum atomic E-state index is 13.2. The van der Waals surface area contributed by atoms with Crippen molar-refractivity contribution in [2.24, 2.45) is 0 Å². The first-order chi connectivity index (χ1) is 7.72. The Labute approximate surface area is 96.4 Å². The van der Waals surface area contributed by atoms with E-state index in [1.165, 1.54) is 18.4 Å². The third kappa shape index (κ3) is 2.17. The Hall–Kier alpha value is -1.15. The van der Waals surface area contributed by atoms with Crippen molar-refractivity contribution in [3.05, 3.63) is 46.8 Å². The lowest BCUT2D eigenvalue weighted by Crippen LogP contribution is -2.18. The molecule has 1 atom stereocenters. The summed E-state index contributed by atoms with van der Waals surface area (Å²) in [5.41, 5.74) is 3.32. The highest BCUT2D eigenvalue weighted by Gasteiger charge is 2.17. The zero-order valence-electron chi connectivity index (χ0n) is 9.89. The van der Waals surface area contributed by atoms with Crippen LogP contribution in [-0.4, -0.2) is 7.05 Å². The molecule has 0 spiro atoms. The van der Waals surface area contributed by atoms with Crippen molar-refractivity contribution in [2.45, 2.75) is 32.2 Å². The Kier molecular flexibility index (Phi) is 3.39. The number of hydrogen-bond donors (Lipinski definition) is 1. The second-order valence-electron chi connectivity index (χ2n) is 4.40. The fraction of sp³-hybridized carbons (Fsp3) is 0.429. The van der Waals surface area contributed by atoms with E-state index in [9.17, 15) is 4.39 Å². The first-order valence-corrected chi connectivity index (χ1v) is 5.84. The summed E-state index contributed by atoms with van der Waals surface area (Å²) in [5.74, 6) is -0.126. The van der Waals surface area contributed by atoms with Gasteiger partial charge in [0, 0.05) is 0 Å². The van der Waals surface area contributed by atoms with Crippen LogP contribution in [-0.2, 0) is 0 Å². The van der Waals surface area contributed by atoms with Crippen LogP contribution in [0.4, 0.5) is 4.39 Å². The van der Waals surface area contributed by atoms with E-state index >= 15 is 0 Å². The van der Waals surface area contributed by atoms with Crippen molar-refractivity contribution in [1.29, 1.82) is 0 Å². The lowest BCUT2D eigenvalue weighted by Gasteiger charge is -2.19. The standard InChI is InChI=1S/C14H18FN/c1-10-9-12(7-8-13(10)15)14(16-2)11-5-3-4-6-11/h5,7-9,14,16H,3-4,6H2,1-2H3. The van der Waals surface area contributed by atoms with E-state index in [1.807, 2.05) is 26.1 Å². The van der Waals surface area contributed by atoms with Crippen molar-refractivity contribution >= 4 is 0 Å².